The smallest absolute Gasteiger partial charge is 0.0659 e. The molecule has 1 aromatic carbocycles. The molecule has 0 bridgehead atoms. The molecule has 19 heavy (non-hydrogen) atoms. The number of aromatic nitrogens is 2. The van der Waals surface area contributed by atoms with Crippen molar-refractivity contribution in [3.05, 3.63) is 47.8 Å². The van der Waals surface area contributed by atoms with E-state index in [4.69, 9.17) is 0 Å². The molecule has 1 aliphatic rings. The maximum absolute atomic E-state index is 4.65. The standard InChI is InChI=1S/C16H21N3/c1-2-10-17-12-13-3-7-15(8-4-13)19-11-9-16(18-19)14-5-6-14/h3-4,7-9,11,14,17H,2,5-6,10,12H2,1H3. The molecule has 3 nitrogen and oxygen atoms in total. The summed E-state index contributed by atoms with van der Waals surface area (Å²) in [6.07, 6.45) is 5.85. The predicted octanol–water partition coefficient (Wildman–Crippen LogP) is 3.25. The molecule has 0 radical (unpaired) electrons. The van der Waals surface area contributed by atoms with E-state index in [0.717, 1.165) is 24.7 Å². The van der Waals surface area contributed by atoms with Crippen LogP contribution >= 0.6 is 0 Å². The van der Waals surface area contributed by atoms with E-state index in [1.54, 1.807) is 0 Å². The zero-order valence-electron chi connectivity index (χ0n) is 11.5. The SMILES string of the molecule is CCCNCc1ccc(-n2ccc(C3CC3)n2)cc1. The second kappa shape index (κ2) is 5.57. The van der Waals surface area contributed by atoms with E-state index in [-0.39, 0.29) is 0 Å². The van der Waals surface area contributed by atoms with Crippen LogP contribution in [-0.2, 0) is 6.54 Å². The Morgan fingerprint density at radius 1 is 1.21 bits per heavy atom. The lowest BCUT2D eigenvalue weighted by molar-refractivity contribution is 0.675. The fraction of sp³-hybridized carbons (Fsp3) is 0.438. The number of nitrogens with zero attached hydrogens (tertiary/aromatic N) is 2. The first-order chi connectivity index (χ1) is 9.36. The van der Waals surface area contributed by atoms with Gasteiger partial charge in [-0.25, -0.2) is 4.68 Å². The third-order valence-corrected chi connectivity index (χ3v) is 3.56. The van der Waals surface area contributed by atoms with Crippen molar-refractivity contribution in [2.24, 2.45) is 0 Å². The lowest BCUT2D eigenvalue weighted by Gasteiger charge is -2.05. The van der Waals surface area contributed by atoms with Crippen molar-refractivity contribution in [1.29, 1.82) is 0 Å². The van der Waals surface area contributed by atoms with Gasteiger partial charge in [0.15, 0.2) is 0 Å². The molecule has 3 heteroatoms. The first-order valence-corrected chi connectivity index (χ1v) is 7.22. The van der Waals surface area contributed by atoms with Crippen molar-refractivity contribution >= 4 is 0 Å². The number of benzene rings is 1. The molecule has 0 unspecified atom stereocenters. The van der Waals surface area contributed by atoms with Crippen LogP contribution in [0.1, 0.15) is 43.4 Å². The molecule has 1 saturated carbocycles. The van der Waals surface area contributed by atoms with Crippen LogP contribution < -0.4 is 5.32 Å². The van der Waals surface area contributed by atoms with Crippen molar-refractivity contribution in [1.82, 2.24) is 15.1 Å². The first-order valence-electron chi connectivity index (χ1n) is 7.22. The highest BCUT2D eigenvalue weighted by molar-refractivity contribution is 5.34. The molecule has 1 heterocycles. The molecule has 3 rings (SSSR count). The van der Waals surface area contributed by atoms with Crippen LogP contribution in [0.15, 0.2) is 36.5 Å². The molecule has 0 spiro atoms. The minimum absolute atomic E-state index is 0.721. The second-order valence-electron chi connectivity index (χ2n) is 5.30. The third kappa shape index (κ3) is 3.04. The zero-order valence-corrected chi connectivity index (χ0v) is 11.5. The summed E-state index contributed by atoms with van der Waals surface area (Å²) in [6.45, 7) is 4.21. The summed E-state index contributed by atoms with van der Waals surface area (Å²) < 4.78 is 1.98. The molecule has 1 aliphatic carbocycles. The second-order valence-corrected chi connectivity index (χ2v) is 5.30. The van der Waals surface area contributed by atoms with E-state index in [0.29, 0.717) is 0 Å². The van der Waals surface area contributed by atoms with Gasteiger partial charge in [0.2, 0.25) is 0 Å². The van der Waals surface area contributed by atoms with Gasteiger partial charge in [0, 0.05) is 18.7 Å². The molecule has 2 aromatic rings. The minimum atomic E-state index is 0.721. The Bertz CT molecular complexity index is 523. The predicted molar refractivity (Wildman–Crippen MR) is 77.5 cm³/mol. The maximum atomic E-state index is 4.65. The number of hydrogen-bond acceptors (Lipinski definition) is 2. The van der Waals surface area contributed by atoms with Gasteiger partial charge in [-0.05, 0) is 49.6 Å². The first kappa shape index (κ1) is 12.4. The van der Waals surface area contributed by atoms with Gasteiger partial charge in [-0.3, -0.25) is 0 Å². The van der Waals surface area contributed by atoms with E-state index in [1.165, 1.54) is 30.5 Å². The van der Waals surface area contributed by atoms with Crippen LogP contribution in [0.4, 0.5) is 0 Å². The van der Waals surface area contributed by atoms with Crippen LogP contribution in [0.25, 0.3) is 5.69 Å². The topological polar surface area (TPSA) is 29.9 Å². The summed E-state index contributed by atoms with van der Waals surface area (Å²) >= 11 is 0. The summed E-state index contributed by atoms with van der Waals surface area (Å²) in [4.78, 5) is 0. The molecule has 1 aromatic heterocycles. The third-order valence-electron chi connectivity index (χ3n) is 3.56. The maximum Gasteiger partial charge on any atom is 0.0659 e. The van der Waals surface area contributed by atoms with Gasteiger partial charge in [-0.2, -0.15) is 5.10 Å². The van der Waals surface area contributed by atoms with Gasteiger partial charge in [0.05, 0.1) is 11.4 Å². The Hall–Kier alpha value is -1.61. The molecule has 1 fully saturated rings. The Morgan fingerprint density at radius 2 is 2.00 bits per heavy atom. The average molecular weight is 255 g/mol. The van der Waals surface area contributed by atoms with Gasteiger partial charge in [0.25, 0.3) is 0 Å². The highest BCUT2D eigenvalue weighted by atomic mass is 15.3. The molecule has 0 saturated heterocycles. The van der Waals surface area contributed by atoms with Gasteiger partial charge in [-0.15, -0.1) is 0 Å². The van der Waals surface area contributed by atoms with Crippen molar-refractivity contribution in [3.63, 3.8) is 0 Å². The largest absolute Gasteiger partial charge is 0.313 e. The van der Waals surface area contributed by atoms with Crippen LogP contribution in [0.3, 0.4) is 0 Å². The fourth-order valence-corrected chi connectivity index (χ4v) is 2.25. The van der Waals surface area contributed by atoms with Gasteiger partial charge in [-0.1, -0.05) is 19.1 Å². The van der Waals surface area contributed by atoms with Crippen LogP contribution in [0.2, 0.25) is 0 Å². The van der Waals surface area contributed by atoms with Crippen molar-refractivity contribution in [2.45, 2.75) is 38.6 Å². The quantitative estimate of drug-likeness (QED) is 0.803. The molecular formula is C16H21N3. The summed E-state index contributed by atoms with van der Waals surface area (Å²) in [6, 6.07) is 10.8. The van der Waals surface area contributed by atoms with Crippen molar-refractivity contribution < 1.29 is 0 Å². The van der Waals surface area contributed by atoms with Crippen LogP contribution in [-0.4, -0.2) is 16.3 Å². The lowest BCUT2D eigenvalue weighted by atomic mass is 10.2. The van der Waals surface area contributed by atoms with Crippen LogP contribution in [0, 0.1) is 0 Å². The van der Waals surface area contributed by atoms with E-state index in [9.17, 15) is 0 Å². The Labute approximate surface area is 114 Å². The number of hydrogen-bond donors (Lipinski definition) is 1. The zero-order chi connectivity index (χ0) is 13.1. The molecule has 1 N–H and O–H groups in total. The van der Waals surface area contributed by atoms with E-state index < -0.39 is 0 Å². The van der Waals surface area contributed by atoms with Gasteiger partial charge >= 0.3 is 0 Å². The fourth-order valence-electron chi connectivity index (χ4n) is 2.25. The summed E-state index contributed by atoms with van der Waals surface area (Å²) in [5.41, 5.74) is 3.71. The average Bonchev–Trinajstić information content (AvgIpc) is 3.18. The van der Waals surface area contributed by atoms with Gasteiger partial charge in [0.1, 0.15) is 0 Å². The molecular weight excluding hydrogens is 234 g/mol. The van der Waals surface area contributed by atoms with Crippen molar-refractivity contribution in [3.8, 4) is 5.69 Å². The Kier molecular flexibility index (Phi) is 3.65. The van der Waals surface area contributed by atoms with Gasteiger partial charge < -0.3 is 5.32 Å². The Balaban J connectivity index is 1.66. The normalized spacial score (nSPS) is 14.8. The summed E-state index contributed by atoms with van der Waals surface area (Å²) in [5.74, 6) is 0.721. The molecule has 100 valence electrons. The van der Waals surface area contributed by atoms with E-state index >= 15 is 0 Å². The Morgan fingerprint density at radius 3 is 2.68 bits per heavy atom. The highest BCUT2D eigenvalue weighted by Gasteiger charge is 2.25. The summed E-state index contributed by atoms with van der Waals surface area (Å²) in [7, 11) is 0. The molecule has 0 atom stereocenters. The summed E-state index contributed by atoms with van der Waals surface area (Å²) in [5, 5.41) is 8.06. The number of rotatable bonds is 6. The monoisotopic (exact) mass is 255 g/mol. The highest BCUT2D eigenvalue weighted by Crippen LogP contribution is 2.38. The lowest BCUT2D eigenvalue weighted by Crippen LogP contribution is -2.13. The van der Waals surface area contributed by atoms with Crippen molar-refractivity contribution in [2.75, 3.05) is 6.54 Å². The van der Waals surface area contributed by atoms with E-state index in [1.807, 2.05) is 4.68 Å². The van der Waals surface area contributed by atoms with E-state index in [2.05, 4.69) is 53.9 Å². The number of nitrogens with one attached hydrogen (secondary N) is 1. The minimum Gasteiger partial charge on any atom is -0.313 e. The van der Waals surface area contributed by atoms with Crippen LogP contribution in [0.5, 0.6) is 0 Å². The molecule has 0 amide bonds. The molecule has 0 aliphatic heterocycles.